The summed E-state index contributed by atoms with van der Waals surface area (Å²) in [7, 11) is 0. The van der Waals surface area contributed by atoms with E-state index in [1.54, 1.807) is 11.0 Å². The van der Waals surface area contributed by atoms with Gasteiger partial charge in [0, 0.05) is 31.9 Å². The van der Waals surface area contributed by atoms with Crippen LogP contribution in [0.5, 0.6) is 5.75 Å². The lowest BCUT2D eigenvalue weighted by Gasteiger charge is -2.36. The Hall–Kier alpha value is -3.23. The summed E-state index contributed by atoms with van der Waals surface area (Å²) in [4.78, 5) is 27.6. The molecule has 172 valence electrons. The maximum Gasteiger partial charge on any atom is 0.416 e. The van der Waals surface area contributed by atoms with Gasteiger partial charge in [0.15, 0.2) is 13.2 Å². The van der Waals surface area contributed by atoms with Crippen molar-refractivity contribution in [3.63, 3.8) is 0 Å². The molecule has 1 fully saturated rings. The summed E-state index contributed by atoms with van der Waals surface area (Å²) in [5, 5.41) is 0. The van der Waals surface area contributed by atoms with E-state index in [9.17, 15) is 22.8 Å². The summed E-state index contributed by atoms with van der Waals surface area (Å²) in [5.41, 5.74) is 1.55. The topological polar surface area (TPSA) is 59.1 Å². The highest BCUT2D eigenvalue weighted by molar-refractivity contribution is 5.81. The molecule has 0 aromatic heterocycles. The minimum Gasteiger partial charge on any atom is -0.481 e. The van der Waals surface area contributed by atoms with Crippen LogP contribution in [0.25, 0.3) is 0 Å². The molecule has 6 nitrogen and oxygen atoms in total. The van der Waals surface area contributed by atoms with Crippen molar-refractivity contribution in [1.29, 1.82) is 0 Å². The summed E-state index contributed by atoms with van der Waals surface area (Å²) in [6.45, 7) is 4.46. The average Bonchev–Trinajstić information content (AvgIpc) is 2.77. The largest absolute Gasteiger partial charge is 0.481 e. The highest BCUT2D eigenvalue weighted by atomic mass is 19.4. The van der Waals surface area contributed by atoms with Gasteiger partial charge in [-0.05, 0) is 43.2 Å². The van der Waals surface area contributed by atoms with Gasteiger partial charge in [-0.1, -0.05) is 24.3 Å². The van der Waals surface area contributed by atoms with Crippen LogP contribution in [0.2, 0.25) is 0 Å². The Labute approximate surface area is 184 Å². The van der Waals surface area contributed by atoms with Crippen molar-refractivity contribution in [2.45, 2.75) is 20.0 Å². The van der Waals surface area contributed by atoms with Gasteiger partial charge in [-0.25, -0.2) is 4.79 Å². The Bertz CT molecular complexity index is 950. The third kappa shape index (κ3) is 5.93. The molecule has 1 aliphatic rings. The molecule has 0 atom stereocenters. The minimum atomic E-state index is -4.40. The van der Waals surface area contributed by atoms with Crippen molar-refractivity contribution in [3.05, 3.63) is 59.2 Å². The number of rotatable bonds is 6. The molecular weight excluding hydrogens is 425 g/mol. The zero-order chi connectivity index (χ0) is 23.3. The van der Waals surface area contributed by atoms with Gasteiger partial charge < -0.3 is 19.3 Å². The molecule has 0 aliphatic carbocycles. The molecule has 0 spiro atoms. The van der Waals surface area contributed by atoms with E-state index in [2.05, 4.69) is 0 Å². The first-order valence-corrected chi connectivity index (χ1v) is 10.2. The van der Waals surface area contributed by atoms with Crippen molar-refractivity contribution < 1.29 is 32.2 Å². The highest BCUT2D eigenvalue weighted by Crippen LogP contribution is 2.31. The predicted octanol–water partition coefficient (Wildman–Crippen LogP) is 3.59. The van der Waals surface area contributed by atoms with E-state index >= 15 is 0 Å². The molecule has 2 aromatic carbocycles. The Morgan fingerprint density at radius 3 is 2.19 bits per heavy atom. The van der Waals surface area contributed by atoms with Crippen molar-refractivity contribution in [2.24, 2.45) is 0 Å². The Morgan fingerprint density at radius 1 is 0.938 bits per heavy atom. The van der Waals surface area contributed by atoms with Gasteiger partial charge in [0.25, 0.3) is 5.91 Å². The van der Waals surface area contributed by atoms with Gasteiger partial charge in [0.1, 0.15) is 5.75 Å². The normalized spacial score (nSPS) is 14.3. The van der Waals surface area contributed by atoms with Gasteiger partial charge in [-0.15, -0.1) is 0 Å². The maximum atomic E-state index is 12.9. The standard InChI is InChI=1S/C23H25F3N2O4/c1-16-5-3-6-17(2)22(16)32-15-21(30)31-14-20(29)28-11-9-27(10-12-28)19-8-4-7-18(13-19)23(24,25)26/h3-8,13H,9-12,14-15H2,1-2H3. The Kier molecular flexibility index (Phi) is 7.27. The van der Waals surface area contributed by atoms with Crippen molar-refractivity contribution in [3.8, 4) is 5.75 Å². The van der Waals surface area contributed by atoms with Crippen molar-refractivity contribution in [1.82, 2.24) is 4.90 Å². The number of benzene rings is 2. The molecule has 1 amide bonds. The smallest absolute Gasteiger partial charge is 0.416 e. The van der Waals surface area contributed by atoms with Crippen LogP contribution in [0.1, 0.15) is 16.7 Å². The molecule has 1 aliphatic heterocycles. The third-order valence-electron chi connectivity index (χ3n) is 5.27. The van der Waals surface area contributed by atoms with Crippen LogP contribution in [0.4, 0.5) is 18.9 Å². The number of ether oxygens (including phenoxy) is 2. The van der Waals surface area contributed by atoms with Crippen LogP contribution in [0.15, 0.2) is 42.5 Å². The summed E-state index contributed by atoms with van der Waals surface area (Å²) in [6.07, 6.45) is -4.40. The minimum absolute atomic E-state index is 0.303. The molecule has 1 saturated heterocycles. The molecule has 32 heavy (non-hydrogen) atoms. The third-order valence-corrected chi connectivity index (χ3v) is 5.27. The fourth-order valence-electron chi connectivity index (χ4n) is 3.53. The van der Waals surface area contributed by atoms with Gasteiger partial charge in [0.2, 0.25) is 0 Å². The van der Waals surface area contributed by atoms with Gasteiger partial charge >= 0.3 is 12.1 Å². The van der Waals surface area contributed by atoms with Crippen LogP contribution < -0.4 is 9.64 Å². The number of carbonyl (C=O) groups is 2. The number of carbonyl (C=O) groups excluding carboxylic acids is 2. The van der Waals surface area contributed by atoms with E-state index in [4.69, 9.17) is 9.47 Å². The number of amides is 1. The van der Waals surface area contributed by atoms with E-state index in [0.29, 0.717) is 37.6 Å². The second kappa shape index (κ2) is 9.93. The molecule has 1 heterocycles. The fourth-order valence-corrected chi connectivity index (χ4v) is 3.53. The van der Waals surface area contributed by atoms with E-state index in [1.807, 2.05) is 32.0 Å². The Balaban J connectivity index is 1.44. The number of aryl methyl sites for hydroxylation is 2. The predicted molar refractivity (Wildman–Crippen MR) is 113 cm³/mol. The number of alkyl halides is 3. The molecular formula is C23H25F3N2O4. The molecule has 3 rings (SSSR count). The first-order valence-electron chi connectivity index (χ1n) is 10.2. The lowest BCUT2D eigenvalue weighted by molar-refractivity contribution is -0.153. The zero-order valence-corrected chi connectivity index (χ0v) is 17.9. The molecule has 9 heteroatoms. The first-order chi connectivity index (χ1) is 15.1. The van der Waals surface area contributed by atoms with Crippen molar-refractivity contribution >= 4 is 17.6 Å². The lowest BCUT2D eigenvalue weighted by atomic mass is 10.1. The number of halogens is 3. The number of esters is 1. The van der Waals surface area contributed by atoms with E-state index in [1.165, 1.54) is 11.0 Å². The fraction of sp³-hybridized carbons (Fsp3) is 0.391. The number of hydrogen-bond acceptors (Lipinski definition) is 5. The molecule has 0 radical (unpaired) electrons. The van der Waals surface area contributed by atoms with E-state index in [0.717, 1.165) is 23.3 Å². The number of hydrogen-bond donors (Lipinski definition) is 0. The summed E-state index contributed by atoms with van der Waals surface area (Å²) >= 11 is 0. The molecule has 2 aromatic rings. The van der Waals surface area contributed by atoms with Gasteiger partial charge in [0.05, 0.1) is 5.56 Å². The second-order valence-electron chi connectivity index (χ2n) is 7.59. The maximum absolute atomic E-state index is 12.9. The lowest BCUT2D eigenvalue weighted by Crippen LogP contribution is -2.50. The zero-order valence-electron chi connectivity index (χ0n) is 17.9. The number of piperazine rings is 1. The van der Waals surface area contributed by atoms with Crippen molar-refractivity contribution in [2.75, 3.05) is 44.3 Å². The van der Waals surface area contributed by atoms with Gasteiger partial charge in [-0.3, -0.25) is 4.79 Å². The SMILES string of the molecule is Cc1cccc(C)c1OCC(=O)OCC(=O)N1CCN(c2cccc(C(F)(F)F)c2)CC1. The number of nitrogens with zero attached hydrogens (tertiary/aromatic N) is 2. The van der Waals surface area contributed by atoms with Gasteiger partial charge in [-0.2, -0.15) is 13.2 Å². The molecule has 0 bridgehead atoms. The average molecular weight is 450 g/mol. The van der Waals surface area contributed by atoms with Crippen LogP contribution in [-0.2, 0) is 20.5 Å². The Morgan fingerprint density at radius 2 is 1.56 bits per heavy atom. The summed E-state index contributed by atoms with van der Waals surface area (Å²) in [6, 6.07) is 10.8. The van der Waals surface area contributed by atoms with Crippen LogP contribution in [0, 0.1) is 13.8 Å². The van der Waals surface area contributed by atoms with Crippen LogP contribution in [0.3, 0.4) is 0 Å². The molecule has 0 unspecified atom stereocenters. The van der Waals surface area contributed by atoms with Crippen LogP contribution in [-0.4, -0.2) is 56.2 Å². The monoisotopic (exact) mass is 450 g/mol. The number of para-hydroxylation sites is 1. The summed E-state index contributed by atoms with van der Waals surface area (Å²) < 4.78 is 49.3. The first kappa shape index (κ1) is 23.4. The van der Waals surface area contributed by atoms with E-state index < -0.39 is 24.3 Å². The second-order valence-corrected chi connectivity index (χ2v) is 7.59. The quantitative estimate of drug-likeness (QED) is 0.630. The number of anilines is 1. The highest BCUT2D eigenvalue weighted by Gasteiger charge is 2.31. The molecule has 0 saturated carbocycles. The summed E-state index contributed by atoms with van der Waals surface area (Å²) in [5.74, 6) is -0.390. The van der Waals surface area contributed by atoms with Crippen LogP contribution >= 0.6 is 0 Å². The molecule has 0 N–H and O–H groups in total. The van der Waals surface area contributed by atoms with E-state index in [-0.39, 0.29) is 12.5 Å².